The second kappa shape index (κ2) is 7.24. The van der Waals surface area contributed by atoms with E-state index in [1.54, 1.807) is 25.3 Å². The van der Waals surface area contributed by atoms with Crippen molar-refractivity contribution in [3.63, 3.8) is 0 Å². The average Bonchev–Trinajstić information content (AvgIpc) is 2.98. The van der Waals surface area contributed by atoms with Crippen LogP contribution in [0.15, 0.2) is 42.5 Å². The lowest BCUT2D eigenvalue weighted by Gasteiger charge is -2.20. The van der Waals surface area contributed by atoms with Crippen LogP contribution in [0.5, 0.6) is 5.75 Å². The van der Waals surface area contributed by atoms with E-state index < -0.39 is 0 Å². The van der Waals surface area contributed by atoms with E-state index in [0.29, 0.717) is 16.5 Å². The Morgan fingerprint density at radius 1 is 1.29 bits per heavy atom. The largest absolute Gasteiger partial charge is 0.495 e. The summed E-state index contributed by atoms with van der Waals surface area (Å²) in [5.74, 6) is 0.478. The van der Waals surface area contributed by atoms with Gasteiger partial charge in [-0.3, -0.25) is 10.1 Å². The van der Waals surface area contributed by atoms with Crippen LogP contribution in [-0.2, 0) is 11.2 Å². The summed E-state index contributed by atoms with van der Waals surface area (Å²) in [7, 11) is 1.57. The Kier molecular flexibility index (Phi) is 5.07. The van der Waals surface area contributed by atoms with Gasteiger partial charge in [-0.2, -0.15) is 0 Å². The number of anilines is 1. The molecule has 5 heteroatoms. The standard InChI is InChI=1S/C19H21ClN2O2/c1-12(21-16-9-7-13-5-3-4-6-15(13)16)19(23)22-17-11-14(20)8-10-18(17)24-2/h3-6,8,10-12,16,21H,7,9H2,1-2H3,(H,22,23)/t12-,16-/m1/s1. The summed E-state index contributed by atoms with van der Waals surface area (Å²) in [6.45, 7) is 1.87. The summed E-state index contributed by atoms with van der Waals surface area (Å²) in [6, 6.07) is 13.4. The van der Waals surface area contributed by atoms with Gasteiger partial charge in [0.1, 0.15) is 5.75 Å². The van der Waals surface area contributed by atoms with Gasteiger partial charge in [0.2, 0.25) is 5.91 Å². The van der Waals surface area contributed by atoms with E-state index in [2.05, 4.69) is 28.8 Å². The van der Waals surface area contributed by atoms with E-state index in [9.17, 15) is 4.79 Å². The number of carbonyl (C=O) groups excluding carboxylic acids is 1. The number of aryl methyl sites for hydroxylation is 1. The summed E-state index contributed by atoms with van der Waals surface area (Å²) in [5, 5.41) is 6.86. The third kappa shape index (κ3) is 3.55. The molecule has 0 radical (unpaired) electrons. The van der Waals surface area contributed by atoms with Crippen molar-refractivity contribution in [1.82, 2.24) is 5.32 Å². The lowest BCUT2D eigenvalue weighted by atomic mass is 10.1. The Bertz CT molecular complexity index is 748. The molecule has 1 aliphatic carbocycles. The number of amides is 1. The zero-order valence-corrected chi connectivity index (χ0v) is 14.6. The van der Waals surface area contributed by atoms with Gasteiger partial charge in [-0.1, -0.05) is 35.9 Å². The molecule has 4 nitrogen and oxygen atoms in total. The van der Waals surface area contributed by atoms with Gasteiger partial charge < -0.3 is 10.1 Å². The maximum absolute atomic E-state index is 12.5. The minimum Gasteiger partial charge on any atom is -0.495 e. The summed E-state index contributed by atoms with van der Waals surface area (Å²) in [6.07, 6.45) is 2.06. The molecule has 0 saturated carbocycles. The number of nitrogens with one attached hydrogen (secondary N) is 2. The highest BCUT2D eigenvalue weighted by Gasteiger charge is 2.25. The molecule has 24 heavy (non-hydrogen) atoms. The molecule has 0 unspecified atom stereocenters. The van der Waals surface area contributed by atoms with E-state index in [4.69, 9.17) is 16.3 Å². The highest BCUT2D eigenvalue weighted by molar-refractivity contribution is 6.31. The molecule has 0 heterocycles. The topological polar surface area (TPSA) is 50.4 Å². The predicted molar refractivity (Wildman–Crippen MR) is 96.7 cm³/mol. The van der Waals surface area contributed by atoms with Gasteiger partial charge in [0.15, 0.2) is 0 Å². The normalized spacial score (nSPS) is 17.2. The Balaban J connectivity index is 1.67. The van der Waals surface area contributed by atoms with Crippen LogP contribution in [0.1, 0.15) is 30.5 Å². The third-order valence-corrected chi connectivity index (χ3v) is 4.63. The van der Waals surface area contributed by atoms with E-state index in [-0.39, 0.29) is 18.0 Å². The van der Waals surface area contributed by atoms with Gasteiger partial charge >= 0.3 is 0 Å². The molecule has 0 fully saturated rings. The number of methoxy groups -OCH3 is 1. The number of rotatable bonds is 5. The molecular weight excluding hydrogens is 324 g/mol. The van der Waals surface area contributed by atoms with Crippen LogP contribution in [-0.4, -0.2) is 19.1 Å². The smallest absolute Gasteiger partial charge is 0.241 e. The summed E-state index contributed by atoms with van der Waals surface area (Å²) in [4.78, 5) is 12.5. The van der Waals surface area contributed by atoms with E-state index in [1.807, 2.05) is 13.0 Å². The second-order valence-corrected chi connectivity index (χ2v) is 6.45. The van der Waals surface area contributed by atoms with E-state index in [1.165, 1.54) is 11.1 Å². The molecule has 2 aromatic carbocycles. The number of benzene rings is 2. The molecule has 2 aromatic rings. The molecule has 3 rings (SSSR count). The fraction of sp³-hybridized carbons (Fsp3) is 0.316. The van der Waals surface area contributed by atoms with E-state index >= 15 is 0 Å². The molecule has 1 aliphatic rings. The third-order valence-electron chi connectivity index (χ3n) is 4.40. The quantitative estimate of drug-likeness (QED) is 0.863. The van der Waals surface area contributed by atoms with E-state index in [0.717, 1.165) is 12.8 Å². The number of fused-ring (bicyclic) bond motifs is 1. The summed E-state index contributed by atoms with van der Waals surface area (Å²) < 4.78 is 5.27. The zero-order chi connectivity index (χ0) is 17.1. The van der Waals surface area contributed by atoms with Crippen molar-refractivity contribution < 1.29 is 9.53 Å². The molecule has 1 amide bonds. The van der Waals surface area contributed by atoms with Crippen LogP contribution in [0.2, 0.25) is 5.02 Å². The molecule has 0 aliphatic heterocycles. The van der Waals surface area contributed by atoms with Gasteiger partial charge in [-0.15, -0.1) is 0 Å². The SMILES string of the molecule is COc1ccc(Cl)cc1NC(=O)[C@@H](C)N[C@@H]1CCc2ccccc21. The van der Waals surface area contributed by atoms with Crippen LogP contribution >= 0.6 is 11.6 Å². The maximum Gasteiger partial charge on any atom is 0.241 e. The van der Waals surface area contributed by atoms with Crippen molar-refractivity contribution in [3.05, 3.63) is 58.6 Å². The van der Waals surface area contributed by atoms with Crippen LogP contribution in [0.3, 0.4) is 0 Å². The number of hydrogen-bond acceptors (Lipinski definition) is 3. The average molecular weight is 345 g/mol. The van der Waals surface area contributed by atoms with Gasteiger partial charge in [-0.25, -0.2) is 0 Å². The van der Waals surface area contributed by atoms with Crippen LogP contribution in [0.4, 0.5) is 5.69 Å². The zero-order valence-electron chi connectivity index (χ0n) is 13.8. The van der Waals surface area contributed by atoms with Gasteiger partial charge in [0.25, 0.3) is 0 Å². The maximum atomic E-state index is 12.5. The first kappa shape index (κ1) is 16.8. The lowest BCUT2D eigenvalue weighted by Crippen LogP contribution is -2.39. The molecule has 126 valence electrons. The molecule has 2 N–H and O–H groups in total. The second-order valence-electron chi connectivity index (χ2n) is 6.01. The molecule has 0 aromatic heterocycles. The van der Waals surface area contributed by atoms with Crippen molar-refractivity contribution in [3.8, 4) is 5.75 Å². The van der Waals surface area contributed by atoms with Crippen molar-refractivity contribution in [2.24, 2.45) is 0 Å². The molecule has 0 bridgehead atoms. The minimum absolute atomic E-state index is 0.111. The molecular formula is C19H21ClN2O2. The van der Waals surface area contributed by atoms with Crippen molar-refractivity contribution in [2.45, 2.75) is 31.8 Å². The number of halogens is 1. The number of ether oxygens (including phenoxy) is 1. The Morgan fingerprint density at radius 2 is 2.08 bits per heavy atom. The molecule has 0 saturated heterocycles. The fourth-order valence-corrected chi connectivity index (χ4v) is 3.30. The van der Waals surface area contributed by atoms with Crippen molar-refractivity contribution in [2.75, 3.05) is 12.4 Å². The lowest BCUT2D eigenvalue weighted by molar-refractivity contribution is -0.118. The first-order valence-electron chi connectivity index (χ1n) is 8.06. The Morgan fingerprint density at radius 3 is 2.88 bits per heavy atom. The monoisotopic (exact) mass is 344 g/mol. The van der Waals surface area contributed by atoms with Gasteiger partial charge in [0.05, 0.1) is 18.8 Å². The highest BCUT2D eigenvalue weighted by atomic mass is 35.5. The minimum atomic E-state index is -0.329. The van der Waals surface area contributed by atoms with Crippen LogP contribution < -0.4 is 15.4 Å². The predicted octanol–water partition coefficient (Wildman–Crippen LogP) is 3.95. The molecule has 2 atom stereocenters. The van der Waals surface area contributed by atoms with Gasteiger partial charge in [0, 0.05) is 11.1 Å². The Hall–Kier alpha value is -2.04. The summed E-state index contributed by atoms with van der Waals surface area (Å²) >= 11 is 6.01. The highest BCUT2D eigenvalue weighted by Crippen LogP contribution is 2.31. The number of hydrogen-bond donors (Lipinski definition) is 2. The number of carbonyl (C=O) groups is 1. The first-order chi connectivity index (χ1) is 11.6. The van der Waals surface area contributed by atoms with Crippen molar-refractivity contribution >= 4 is 23.2 Å². The van der Waals surface area contributed by atoms with Crippen LogP contribution in [0.25, 0.3) is 0 Å². The van der Waals surface area contributed by atoms with Crippen molar-refractivity contribution in [1.29, 1.82) is 0 Å². The first-order valence-corrected chi connectivity index (χ1v) is 8.44. The Labute approximate surface area is 147 Å². The molecule has 0 spiro atoms. The van der Waals surface area contributed by atoms with Crippen LogP contribution in [0, 0.1) is 0 Å². The van der Waals surface area contributed by atoms with Gasteiger partial charge in [-0.05, 0) is 49.1 Å². The fourth-order valence-electron chi connectivity index (χ4n) is 3.13. The summed E-state index contributed by atoms with van der Waals surface area (Å²) in [5.41, 5.74) is 3.23.